The molecule has 12 heteroatoms. The van der Waals surface area contributed by atoms with E-state index >= 15 is 0 Å². The van der Waals surface area contributed by atoms with Gasteiger partial charge in [0.15, 0.2) is 6.23 Å². The second kappa shape index (κ2) is 13.2. The molecule has 1 amide bonds. The lowest BCUT2D eigenvalue weighted by Gasteiger charge is -2.25. The fraction of sp³-hybridized carbons (Fsp3) is 0.290. The van der Waals surface area contributed by atoms with Crippen LogP contribution >= 0.6 is 0 Å². The molecule has 5 rings (SSSR count). The van der Waals surface area contributed by atoms with Gasteiger partial charge < -0.3 is 15.3 Å². The number of halogens is 4. The second-order valence-electron chi connectivity index (χ2n) is 10.5. The van der Waals surface area contributed by atoms with E-state index in [-0.39, 0.29) is 18.1 Å². The molecule has 43 heavy (non-hydrogen) atoms. The van der Waals surface area contributed by atoms with Gasteiger partial charge in [0.2, 0.25) is 0 Å². The fourth-order valence-corrected chi connectivity index (χ4v) is 5.20. The molecule has 224 valence electrons. The molecule has 0 radical (unpaired) electrons. The van der Waals surface area contributed by atoms with Crippen molar-refractivity contribution < 1.29 is 27.5 Å². The molecule has 1 aromatic heterocycles. The fourth-order valence-electron chi connectivity index (χ4n) is 5.20. The van der Waals surface area contributed by atoms with Gasteiger partial charge in [-0.05, 0) is 77.1 Å². The number of carbonyl (C=O) groups is 1. The smallest absolute Gasteiger partial charge is 0.369 e. The number of carbonyl (C=O) groups excluding carboxylic acids is 1. The van der Waals surface area contributed by atoms with Crippen LogP contribution in [0.3, 0.4) is 0 Å². The van der Waals surface area contributed by atoms with Crippen molar-refractivity contribution in [2.24, 2.45) is 0 Å². The number of nitrogens with zero attached hydrogens (tertiary/aromatic N) is 4. The summed E-state index contributed by atoms with van der Waals surface area (Å²) < 4.78 is 53.5. The first kappa shape index (κ1) is 29.9. The number of nitrogens with one attached hydrogen (secondary N) is 2. The van der Waals surface area contributed by atoms with Gasteiger partial charge in [-0.3, -0.25) is 4.79 Å². The molecule has 1 saturated carbocycles. The molecule has 1 aliphatic carbocycles. The monoisotopic (exact) mass is 594 g/mol. The van der Waals surface area contributed by atoms with E-state index in [0.717, 1.165) is 36.6 Å². The molecule has 3 N–H and O–H groups in total. The summed E-state index contributed by atoms with van der Waals surface area (Å²) in [6.45, 7) is 0.136. The van der Waals surface area contributed by atoms with Crippen molar-refractivity contribution >= 4 is 23.6 Å². The molecule has 0 aliphatic heterocycles. The first-order valence-electron chi connectivity index (χ1n) is 13.9. The van der Waals surface area contributed by atoms with Crippen LogP contribution in [0.25, 0.3) is 6.08 Å². The van der Waals surface area contributed by atoms with Crippen molar-refractivity contribution in [1.29, 1.82) is 0 Å². The van der Waals surface area contributed by atoms with Crippen molar-refractivity contribution in [3.05, 3.63) is 106 Å². The lowest BCUT2D eigenvalue weighted by molar-refractivity contribution is -0.137. The van der Waals surface area contributed by atoms with Crippen LogP contribution in [0.1, 0.15) is 72.1 Å². The summed E-state index contributed by atoms with van der Waals surface area (Å²) in [6.07, 6.45) is 2.34. The Labute approximate surface area is 245 Å². The van der Waals surface area contributed by atoms with Crippen LogP contribution in [-0.4, -0.2) is 31.6 Å². The minimum atomic E-state index is -4.72. The highest BCUT2D eigenvalue weighted by molar-refractivity contribution is 6.03. The summed E-state index contributed by atoms with van der Waals surface area (Å²) in [5.41, 5.74) is 1.85. The highest BCUT2D eigenvalue weighted by Crippen LogP contribution is 2.34. The minimum Gasteiger partial charge on any atom is -0.369 e. The van der Waals surface area contributed by atoms with Gasteiger partial charge in [-0.1, -0.05) is 60.8 Å². The summed E-state index contributed by atoms with van der Waals surface area (Å²) in [5.74, 6) is -0.945. The van der Waals surface area contributed by atoms with E-state index in [9.17, 15) is 27.5 Å². The number of tetrazole rings is 1. The van der Waals surface area contributed by atoms with E-state index in [1.165, 1.54) is 35.8 Å². The van der Waals surface area contributed by atoms with E-state index in [0.29, 0.717) is 23.2 Å². The third-order valence-electron chi connectivity index (χ3n) is 7.46. The van der Waals surface area contributed by atoms with Gasteiger partial charge in [-0.15, -0.1) is 5.10 Å². The molecular weight excluding hydrogens is 564 g/mol. The van der Waals surface area contributed by atoms with Gasteiger partial charge in [0.1, 0.15) is 5.82 Å². The molecule has 0 spiro atoms. The van der Waals surface area contributed by atoms with E-state index < -0.39 is 29.7 Å². The zero-order valence-corrected chi connectivity index (χ0v) is 23.1. The van der Waals surface area contributed by atoms with E-state index in [1.54, 1.807) is 24.3 Å². The normalized spacial score (nSPS) is 15.0. The summed E-state index contributed by atoms with van der Waals surface area (Å²) >= 11 is 0. The van der Waals surface area contributed by atoms with E-state index in [2.05, 4.69) is 25.9 Å². The van der Waals surface area contributed by atoms with Crippen LogP contribution in [0.4, 0.5) is 29.2 Å². The molecule has 4 aromatic rings. The Morgan fingerprint density at radius 1 is 1.05 bits per heavy atom. The Bertz CT molecular complexity index is 1530. The molecule has 3 aromatic carbocycles. The van der Waals surface area contributed by atoms with Crippen LogP contribution in [0.15, 0.2) is 72.8 Å². The summed E-state index contributed by atoms with van der Waals surface area (Å²) in [5, 5.41) is 26.3. The number of aromatic nitrogens is 4. The molecule has 0 saturated heterocycles. The van der Waals surface area contributed by atoms with Crippen molar-refractivity contribution in [2.75, 3.05) is 10.2 Å². The van der Waals surface area contributed by atoms with E-state index in [1.807, 2.05) is 24.3 Å². The average Bonchev–Trinajstić information content (AvgIpc) is 3.52. The topological polar surface area (TPSA) is 107 Å². The Morgan fingerprint density at radius 2 is 1.77 bits per heavy atom. The standard InChI is InChI=1S/C31H30F4N6O2/c32-26-17-21(16-25(18-26)31(33,34)35)8-15-28(42)41(27-13-11-23(12-14-27)22-4-2-1-3-5-22)19-20-6-9-24(10-7-20)29(43)36-30-37-39-40-38-30/h6-18,22,29,43H,1-5,19H2,(H2,36,37,38,39,40). The Kier molecular flexibility index (Phi) is 9.15. The number of aliphatic hydroxyl groups excluding tert-OH is 1. The molecule has 1 unspecified atom stereocenters. The number of hydrogen-bond donors (Lipinski definition) is 3. The molecule has 1 heterocycles. The number of rotatable bonds is 9. The number of benzene rings is 3. The SMILES string of the molecule is O=C(C=Cc1cc(F)cc(C(F)(F)F)c1)N(Cc1ccc(C(O)Nc2nn[nH]n2)cc1)c1ccc(C2CCCCC2)cc1. The van der Waals surface area contributed by atoms with Crippen LogP contribution in [0.5, 0.6) is 0 Å². The van der Waals surface area contributed by atoms with Crippen LogP contribution in [-0.2, 0) is 17.5 Å². The van der Waals surface area contributed by atoms with Gasteiger partial charge in [-0.2, -0.15) is 18.4 Å². The lowest BCUT2D eigenvalue weighted by atomic mass is 9.84. The number of alkyl halides is 3. The minimum absolute atomic E-state index is 0.0827. The molecule has 1 aliphatic rings. The molecule has 1 fully saturated rings. The van der Waals surface area contributed by atoms with Crippen LogP contribution < -0.4 is 10.2 Å². The third-order valence-corrected chi connectivity index (χ3v) is 7.46. The first-order valence-corrected chi connectivity index (χ1v) is 13.9. The lowest BCUT2D eigenvalue weighted by Crippen LogP contribution is -2.28. The quantitative estimate of drug-likeness (QED) is 0.112. The Balaban J connectivity index is 1.38. The van der Waals surface area contributed by atoms with Gasteiger partial charge >= 0.3 is 6.18 Å². The first-order chi connectivity index (χ1) is 20.7. The highest BCUT2D eigenvalue weighted by atomic mass is 19.4. The van der Waals surface area contributed by atoms with Gasteiger partial charge in [-0.25, -0.2) is 4.39 Å². The summed E-state index contributed by atoms with van der Waals surface area (Å²) in [6, 6.07) is 16.8. The number of aromatic amines is 1. The summed E-state index contributed by atoms with van der Waals surface area (Å²) in [4.78, 5) is 15.0. The van der Waals surface area contributed by atoms with Crippen molar-refractivity contribution in [2.45, 2.75) is 57.0 Å². The highest BCUT2D eigenvalue weighted by Gasteiger charge is 2.31. The Morgan fingerprint density at radius 3 is 2.42 bits per heavy atom. The largest absolute Gasteiger partial charge is 0.416 e. The molecular formula is C31H30F4N6O2. The predicted molar refractivity (Wildman–Crippen MR) is 153 cm³/mol. The predicted octanol–water partition coefficient (Wildman–Crippen LogP) is 6.75. The molecule has 0 bridgehead atoms. The van der Waals surface area contributed by atoms with Crippen LogP contribution in [0.2, 0.25) is 0 Å². The Hall–Kier alpha value is -4.58. The number of aliphatic hydroxyl groups is 1. The maximum atomic E-state index is 13.9. The number of H-pyrrole nitrogens is 1. The van der Waals surface area contributed by atoms with Crippen molar-refractivity contribution in [3.8, 4) is 0 Å². The van der Waals surface area contributed by atoms with Crippen molar-refractivity contribution in [1.82, 2.24) is 20.6 Å². The molecule has 1 atom stereocenters. The molecule has 8 nitrogen and oxygen atoms in total. The van der Waals surface area contributed by atoms with Gasteiger partial charge in [0.05, 0.1) is 12.1 Å². The van der Waals surface area contributed by atoms with Crippen molar-refractivity contribution in [3.63, 3.8) is 0 Å². The third kappa shape index (κ3) is 7.83. The average molecular weight is 595 g/mol. The maximum Gasteiger partial charge on any atom is 0.416 e. The maximum absolute atomic E-state index is 13.9. The van der Waals surface area contributed by atoms with Crippen LogP contribution in [0, 0.1) is 5.82 Å². The number of anilines is 2. The summed E-state index contributed by atoms with van der Waals surface area (Å²) in [7, 11) is 0. The zero-order chi connectivity index (χ0) is 30.4. The second-order valence-corrected chi connectivity index (χ2v) is 10.5. The van der Waals surface area contributed by atoms with Gasteiger partial charge in [0, 0.05) is 17.3 Å². The van der Waals surface area contributed by atoms with Gasteiger partial charge in [0.25, 0.3) is 11.9 Å². The number of amides is 1. The zero-order valence-electron chi connectivity index (χ0n) is 23.1. The van der Waals surface area contributed by atoms with E-state index in [4.69, 9.17) is 0 Å². The number of hydrogen-bond acceptors (Lipinski definition) is 6.